The number of hydrogen-bond donors (Lipinski definition) is 3. The average Bonchev–Trinajstić information content (AvgIpc) is 2.58. The predicted octanol–water partition coefficient (Wildman–Crippen LogP) is 0.754. The molecule has 0 heterocycles. The molecule has 1 aromatic rings. The smallest absolute Gasteiger partial charge is 0.328 e. The molecule has 0 bridgehead atoms. The summed E-state index contributed by atoms with van der Waals surface area (Å²) in [6.07, 6.45) is 2.28. The van der Waals surface area contributed by atoms with E-state index in [4.69, 9.17) is 9.84 Å². The van der Waals surface area contributed by atoms with Crippen LogP contribution in [0.25, 0.3) is 0 Å². The van der Waals surface area contributed by atoms with E-state index in [2.05, 4.69) is 10.6 Å². The van der Waals surface area contributed by atoms with Gasteiger partial charge in [0.15, 0.2) is 6.04 Å². The van der Waals surface area contributed by atoms with Crippen LogP contribution in [0.3, 0.4) is 0 Å². The first kappa shape index (κ1) is 20.0. The van der Waals surface area contributed by atoms with Crippen molar-refractivity contribution in [2.45, 2.75) is 18.5 Å². The molecule has 0 spiro atoms. The van der Waals surface area contributed by atoms with Crippen molar-refractivity contribution in [3.63, 3.8) is 0 Å². The number of nitrogens with one attached hydrogen (secondary N) is 2. The third kappa shape index (κ3) is 6.59. The second kappa shape index (κ2) is 10.7. The highest BCUT2D eigenvalue weighted by molar-refractivity contribution is 7.98. The highest BCUT2D eigenvalue weighted by Gasteiger charge is 2.26. The van der Waals surface area contributed by atoms with Gasteiger partial charge >= 0.3 is 5.97 Å². The Morgan fingerprint density at radius 3 is 2.38 bits per heavy atom. The Hall–Kier alpha value is -2.06. The molecule has 0 aliphatic carbocycles. The van der Waals surface area contributed by atoms with Gasteiger partial charge in [0.1, 0.15) is 6.04 Å². The number of hydrogen-bond acceptors (Lipinski definition) is 5. The van der Waals surface area contributed by atoms with Crippen LogP contribution >= 0.6 is 11.8 Å². The van der Waals surface area contributed by atoms with Crippen LogP contribution < -0.4 is 10.6 Å². The van der Waals surface area contributed by atoms with Gasteiger partial charge in [-0.2, -0.15) is 11.8 Å². The molecule has 132 valence electrons. The summed E-state index contributed by atoms with van der Waals surface area (Å²) >= 11 is 1.53. The maximum absolute atomic E-state index is 12.4. The van der Waals surface area contributed by atoms with Gasteiger partial charge in [0, 0.05) is 12.7 Å². The quantitative estimate of drug-likeness (QED) is 0.573. The van der Waals surface area contributed by atoms with Crippen LogP contribution in [0.4, 0.5) is 0 Å². The number of carbonyl (C=O) groups is 3. The van der Waals surface area contributed by atoms with Crippen LogP contribution in [0, 0.1) is 0 Å². The number of thioether (sulfide) groups is 1. The van der Waals surface area contributed by atoms with Crippen molar-refractivity contribution in [3.05, 3.63) is 35.9 Å². The van der Waals surface area contributed by atoms with Gasteiger partial charge in [-0.3, -0.25) is 9.59 Å². The molecule has 0 fully saturated rings. The van der Waals surface area contributed by atoms with Crippen molar-refractivity contribution in [1.29, 1.82) is 0 Å². The molecular formula is C16H22N2O5S. The number of amides is 2. The molecule has 0 aromatic heterocycles. The molecule has 1 aromatic carbocycles. The largest absolute Gasteiger partial charge is 0.480 e. The van der Waals surface area contributed by atoms with Gasteiger partial charge in [-0.15, -0.1) is 0 Å². The van der Waals surface area contributed by atoms with Gasteiger partial charge in [0.25, 0.3) is 5.91 Å². The topological polar surface area (TPSA) is 105 Å². The van der Waals surface area contributed by atoms with E-state index >= 15 is 0 Å². The predicted molar refractivity (Wildman–Crippen MR) is 92.1 cm³/mol. The Morgan fingerprint density at radius 1 is 1.17 bits per heavy atom. The Morgan fingerprint density at radius 2 is 1.83 bits per heavy atom. The summed E-state index contributed by atoms with van der Waals surface area (Å²) in [7, 11) is 1.35. The van der Waals surface area contributed by atoms with Gasteiger partial charge in [-0.1, -0.05) is 18.2 Å². The first-order valence-corrected chi connectivity index (χ1v) is 8.76. The fourth-order valence-corrected chi connectivity index (χ4v) is 2.42. The number of rotatable bonds is 10. The lowest BCUT2D eigenvalue weighted by atomic mass is 10.1. The van der Waals surface area contributed by atoms with Crippen LogP contribution in [0.1, 0.15) is 16.8 Å². The van der Waals surface area contributed by atoms with E-state index < -0.39 is 24.0 Å². The zero-order chi connectivity index (χ0) is 17.9. The minimum absolute atomic E-state index is 0.150. The standard InChI is InChI=1S/C16H22N2O5S/c1-23-10-13(16(21)22)18-15(20)12(8-9-24-2)17-14(19)11-6-4-3-5-7-11/h3-7,12-13H,8-10H2,1-2H3,(H,17,19)(H,18,20)(H,21,22). The normalized spacial score (nSPS) is 12.9. The van der Waals surface area contributed by atoms with Crippen LogP contribution in [-0.2, 0) is 14.3 Å². The van der Waals surface area contributed by atoms with E-state index in [1.54, 1.807) is 30.3 Å². The summed E-state index contributed by atoms with van der Waals surface area (Å²) in [5.74, 6) is -1.47. The second-order valence-electron chi connectivity index (χ2n) is 5.03. The SMILES string of the molecule is COCC(NC(=O)C(CCSC)NC(=O)c1ccccc1)C(=O)O. The van der Waals surface area contributed by atoms with Crippen molar-refractivity contribution in [2.24, 2.45) is 0 Å². The van der Waals surface area contributed by atoms with Crippen molar-refractivity contribution in [1.82, 2.24) is 10.6 Å². The molecule has 2 amide bonds. The van der Waals surface area contributed by atoms with E-state index in [1.165, 1.54) is 18.9 Å². The van der Waals surface area contributed by atoms with Gasteiger partial charge in [-0.25, -0.2) is 4.79 Å². The zero-order valence-electron chi connectivity index (χ0n) is 13.7. The molecule has 2 unspecified atom stereocenters. The van der Waals surface area contributed by atoms with Crippen molar-refractivity contribution in [2.75, 3.05) is 25.7 Å². The molecule has 8 heteroatoms. The molecule has 0 saturated carbocycles. The lowest BCUT2D eigenvalue weighted by Crippen LogP contribution is -2.53. The summed E-state index contributed by atoms with van der Waals surface area (Å²) < 4.78 is 4.79. The van der Waals surface area contributed by atoms with Gasteiger partial charge in [-0.05, 0) is 30.6 Å². The summed E-state index contributed by atoms with van der Waals surface area (Å²) in [5.41, 5.74) is 0.436. The number of benzene rings is 1. The molecule has 0 saturated heterocycles. The Bertz CT molecular complexity index is 553. The molecule has 2 atom stereocenters. The highest BCUT2D eigenvalue weighted by atomic mass is 32.2. The van der Waals surface area contributed by atoms with E-state index in [0.29, 0.717) is 17.7 Å². The Balaban J connectivity index is 2.77. The van der Waals surface area contributed by atoms with E-state index in [1.807, 2.05) is 6.26 Å². The van der Waals surface area contributed by atoms with Crippen LogP contribution in [-0.4, -0.2) is 60.7 Å². The molecule has 0 radical (unpaired) electrons. The van der Waals surface area contributed by atoms with E-state index in [9.17, 15) is 14.4 Å². The summed E-state index contributed by atoms with van der Waals surface area (Å²) in [6, 6.07) is 6.55. The van der Waals surface area contributed by atoms with Crippen LogP contribution in [0.15, 0.2) is 30.3 Å². The van der Waals surface area contributed by atoms with E-state index in [-0.39, 0.29) is 12.5 Å². The fourth-order valence-electron chi connectivity index (χ4n) is 1.95. The molecule has 1 rings (SSSR count). The van der Waals surface area contributed by atoms with Gasteiger partial charge in [0.05, 0.1) is 6.61 Å². The Labute approximate surface area is 145 Å². The second-order valence-corrected chi connectivity index (χ2v) is 6.01. The summed E-state index contributed by atoms with van der Waals surface area (Å²) in [5, 5.41) is 14.1. The molecule has 24 heavy (non-hydrogen) atoms. The maximum atomic E-state index is 12.4. The van der Waals surface area contributed by atoms with E-state index in [0.717, 1.165) is 0 Å². The van der Waals surface area contributed by atoms with Crippen molar-refractivity contribution in [3.8, 4) is 0 Å². The number of methoxy groups -OCH3 is 1. The number of ether oxygens (including phenoxy) is 1. The monoisotopic (exact) mass is 354 g/mol. The highest BCUT2D eigenvalue weighted by Crippen LogP contribution is 2.05. The third-order valence-electron chi connectivity index (χ3n) is 3.22. The Kier molecular flexibility index (Phi) is 8.88. The molecule has 0 aliphatic heterocycles. The maximum Gasteiger partial charge on any atom is 0.328 e. The zero-order valence-corrected chi connectivity index (χ0v) is 14.5. The fraction of sp³-hybridized carbons (Fsp3) is 0.438. The minimum atomic E-state index is -1.19. The first-order valence-electron chi connectivity index (χ1n) is 7.36. The average molecular weight is 354 g/mol. The van der Waals surface area contributed by atoms with Gasteiger partial charge in [0.2, 0.25) is 5.91 Å². The summed E-state index contributed by atoms with van der Waals surface area (Å²) in [4.78, 5) is 35.7. The first-order chi connectivity index (χ1) is 11.5. The van der Waals surface area contributed by atoms with Crippen LogP contribution in [0.5, 0.6) is 0 Å². The van der Waals surface area contributed by atoms with Crippen LogP contribution in [0.2, 0.25) is 0 Å². The number of carbonyl (C=O) groups excluding carboxylic acids is 2. The lowest BCUT2D eigenvalue weighted by molar-refractivity contribution is -0.143. The number of aliphatic carboxylic acids is 1. The van der Waals surface area contributed by atoms with Crippen molar-refractivity contribution >= 4 is 29.5 Å². The number of carboxylic acids is 1. The third-order valence-corrected chi connectivity index (χ3v) is 3.86. The molecular weight excluding hydrogens is 332 g/mol. The lowest BCUT2D eigenvalue weighted by Gasteiger charge is -2.21. The van der Waals surface area contributed by atoms with Crippen molar-refractivity contribution < 1.29 is 24.2 Å². The summed E-state index contributed by atoms with van der Waals surface area (Å²) in [6.45, 7) is -0.150. The molecule has 0 aliphatic rings. The number of carboxylic acid groups (broad SMARTS) is 1. The molecule has 7 nitrogen and oxygen atoms in total. The van der Waals surface area contributed by atoms with Gasteiger partial charge < -0.3 is 20.5 Å². The molecule has 3 N–H and O–H groups in total. The minimum Gasteiger partial charge on any atom is -0.480 e.